The van der Waals surface area contributed by atoms with Crippen LogP contribution in [0.15, 0.2) is 30.3 Å². The zero-order valence-electron chi connectivity index (χ0n) is 14.6. The fourth-order valence-electron chi connectivity index (χ4n) is 3.63. The summed E-state index contributed by atoms with van der Waals surface area (Å²) in [4.78, 5) is 25.2. The first kappa shape index (κ1) is 18.0. The van der Waals surface area contributed by atoms with E-state index < -0.39 is 5.97 Å². The number of hydrogen-bond acceptors (Lipinski definition) is 3. The van der Waals surface area contributed by atoms with E-state index in [1.807, 2.05) is 24.3 Å². The summed E-state index contributed by atoms with van der Waals surface area (Å²) in [6.07, 6.45) is 5.55. The topological polar surface area (TPSA) is 93.4 Å². The number of aliphatic carboxylic acids is 1. The van der Waals surface area contributed by atoms with Crippen molar-refractivity contribution in [2.75, 3.05) is 13.1 Å². The maximum atomic E-state index is 12.4. The number of amides is 2. The molecule has 1 aliphatic carbocycles. The molecule has 3 rings (SSSR count). The molecule has 1 aromatic carbocycles. The predicted octanol–water partition coefficient (Wildman–Crippen LogP) is 3.00. The van der Waals surface area contributed by atoms with Crippen LogP contribution in [0.3, 0.4) is 0 Å². The van der Waals surface area contributed by atoms with Crippen molar-refractivity contribution in [2.45, 2.75) is 38.1 Å². The van der Waals surface area contributed by atoms with Crippen LogP contribution in [0.5, 0.6) is 0 Å². The number of nitrogens with one attached hydrogen (secondary N) is 1. The third-order valence-corrected chi connectivity index (χ3v) is 5.29. The van der Waals surface area contributed by atoms with Crippen LogP contribution in [0.1, 0.15) is 43.2 Å². The van der Waals surface area contributed by atoms with E-state index in [0.29, 0.717) is 31.5 Å². The van der Waals surface area contributed by atoms with Gasteiger partial charge in [0.25, 0.3) is 0 Å². The van der Waals surface area contributed by atoms with Crippen LogP contribution in [0, 0.1) is 17.2 Å². The molecule has 0 aromatic heterocycles. The fraction of sp³-hybridized carbons (Fsp3) is 0.450. The molecule has 1 saturated carbocycles. The SMILES string of the molecule is N#Cc1ccc(C2=CCN(C(=O)NC3CCC(C(=O)O)CC3)CC2)cc1. The largest absolute Gasteiger partial charge is 0.481 e. The van der Waals surface area contributed by atoms with Gasteiger partial charge in [0, 0.05) is 19.1 Å². The van der Waals surface area contributed by atoms with E-state index in [0.717, 1.165) is 24.8 Å². The predicted molar refractivity (Wildman–Crippen MR) is 97.2 cm³/mol. The van der Waals surface area contributed by atoms with Crippen molar-refractivity contribution < 1.29 is 14.7 Å². The van der Waals surface area contributed by atoms with E-state index in [4.69, 9.17) is 10.4 Å². The Morgan fingerprint density at radius 1 is 1.15 bits per heavy atom. The number of hydrogen-bond donors (Lipinski definition) is 2. The highest BCUT2D eigenvalue weighted by Gasteiger charge is 2.28. The highest BCUT2D eigenvalue weighted by molar-refractivity contribution is 5.77. The first-order valence-corrected chi connectivity index (χ1v) is 9.04. The standard InChI is InChI=1S/C20H23N3O3/c21-13-14-1-3-15(4-2-14)16-9-11-23(12-10-16)20(26)22-18-7-5-17(6-8-18)19(24)25/h1-4,9,17-18H,5-8,10-12H2,(H,22,26)(H,24,25). The molecule has 6 heteroatoms. The number of carbonyl (C=O) groups is 2. The van der Waals surface area contributed by atoms with Gasteiger partial charge in [-0.05, 0) is 55.4 Å². The van der Waals surface area contributed by atoms with E-state index >= 15 is 0 Å². The number of carbonyl (C=O) groups excluding carboxylic acids is 1. The number of nitrogens with zero attached hydrogens (tertiary/aromatic N) is 2. The number of carboxylic acid groups (broad SMARTS) is 1. The quantitative estimate of drug-likeness (QED) is 0.873. The van der Waals surface area contributed by atoms with Gasteiger partial charge in [0.2, 0.25) is 0 Å². The number of rotatable bonds is 3. The van der Waals surface area contributed by atoms with E-state index in [-0.39, 0.29) is 18.0 Å². The van der Waals surface area contributed by atoms with Crippen molar-refractivity contribution in [3.8, 4) is 6.07 Å². The number of carboxylic acids is 1. The first-order valence-electron chi connectivity index (χ1n) is 9.04. The molecular weight excluding hydrogens is 330 g/mol. The Hall–Kier alpha value is -2.81. The highest BCUT2D eigenvalue weighted by Crippen LogP contribution is 2.25. The summed E-state index contributed by atoms with van der Waals surface area (Å²) in [6, 6.07) is 9.62. The third kappa shape index (κ3) is 4.23. The van der Waals surface area contributed by atoms with Crippen LogP contribution < -0.4 is 5.32 Å². The lowest BCUT2D eigenvalue weighted by atomic mass is 9.86. The maximum Gasteiger partial charge on any atom is 0.317 e. The van der Waals surface area contributed by atoms with Gasteiger partial charge < -0.3 is 15.3 Å². The first-order chi connectivity index (χ1) is 12.6. The molecule has 2 aliphatic rings. The molecular formula is C20H23N3O3. The van der Waals surface area contributed by atoms with Crippen molar-refractivity contribution in [3.05, 3.63) is 41.5 Å². The summed E-state index contributed by atoms with van der Waals surface area (Å²) in [7, 11) is 0. The Morgan fingerprint density at radius 2 is 1.85 bits per heavy atom. The number of nitriles is 1. The van der Waals surface area contributed by atoms with Crippen LogP contribution in [0.2, 0.25) is 0 Å². The minimum atomic E-state index is -0.730. The zero-order chi connectivity index (χ0) is 18.5. The average Bonchev–Trinajstić information content (AvgIpc) is 2.68. The molecule has 1 fully saturated rings. The molecule has 0 radical (unpaired) electrons. The van der Waals surface area contributed by atoms with Crippen molar-refractivity contribution in [2.24, 2.45) is 5.92 Å². The average molecular weight is 353 g/mol. The minimum Gasteiger partial charge on any atom is -0.481 e. The fourth-order valence-corrected chi connectivity index (χ4v) is 3.63. The Kier molecular flexibility index (Phi) is 5.57. The zero-order valence-corrected chi connectivity index (χ0v) is 14.6. The lowest BCUT2D eigenvalue weighted by Gasteiger charge is -2.31. The van der Waals surface area contributed by atoms with Crippen LogP contribution in [-0.4, -0.2) is 41.1 Å². The van der Waals surface area contributed by atoms with E-state index in [1.54, 1.807) is 4.90 Å². The molecule has 0 bridgehead atoms. The Balaban J connectivity index is 1.51. The molecule has 2 amide bonds. The van der Waals surface area contributed by atoms with Gasteiger partial charge in [0.05, 0.1) is 17.6 Å². The van der Waals surface area contributed by atoms with Gasteiger partial charge in [-0.1, -0.05) is 18.2 Å². The van der Waals surface area contributed by atoms with Gasteiger partial charge >= 0.3 is 12.0 Å². The number of benzene rings is 1. The van der Waals surface area contributed by atoms with Crippen molar-refractivity contribution in [3.63, 3.8) is 0 Å². The van der Waals surface area contributed by atoms with Crippen LogP contribution in [-0.2, 0) is 4.79 Å². The lowest BCUT2D eigenvalue weighted by molar-refractivity contribution is -0.142. The molecule has 2 N–H and O–H groups in total. The molecule has 0 spiro atoms. The van der Waals surface area contributed by atoms with Crippen LogP contribution in [0.4, 0.5) is 4.79 Å². The van der Waals surface area contributed by atoms with Gasteiger partial charge in [-0.3, -0.25) is 4.79 Å². The Bertz CT molecular complexity index is 741. The van der Waals surface area contributed by atoms with Gasteiger partial charge in [-0.25, -0.2) is 4.79 Å². The summed E-state index contributed by atoms with van der Waals surface area (Å²) in [5.41, 5.74) is 2.93. The summed E-state index contributed by atoms with van der Waals surface area (Å²) in [5.74, 6) is -0.998. The van der Waals surface area contributed by atoms with Gasteiger partial charge in [0.1, 0.15) is 0 Å². The monoisotopic (exact) mass is 353 g/mol. The Labute approximate surface area is 153 Å². The summed E-state index contributed by atoms with van der Waals surface area (Å²) >= 11 is 0. The molecule has 1 heterocycles. The van der Waals surface area contributed by atoms with Crippen molar-refractivity contribution in [1.82, 2.24) is 10.2 Å². The lowest BCUT2D eigenvalue weighted by Crippen LogP contribution is -2.47. The van der Waals surface area contributed by atoms with Crippen LogP contribution >= 0.6 is 0 Å². The molecule has 6 nitrogen and oxygen atoms in total. The van der Waals surface area contributed by atoms with Crippen LogP contribution in [0.25, 0.3) is 5.57 Å². The van der Waals surface area contributed by atoms with E-state index in [1.165, 1.54) is 5.57 Å². The normalized spacial score (nSPS) is 22.9. The van der Waals surface area contributed by atoms with Gasteiger partial charge in [-0.15, -0.1) is 0 Å². The molecule has 136 valence electrons. The minimum absolute atomic E-state index is 0.0705. The van der Waals surface area contributed by atoms with Crippen molar-refractivity contribution in [1.29, 1.82) is 5.26 Å². The highest BCUT2D eigenvalue weighted by atomic mass is 16.4. The number of urea groups is 1. The molecule has 0 atom stereocenters. The summed E-state index contributed by atoms with van der Waals surface area (Å²) < 4.78 is 0. The third-order valence-electron chi connectivity index (χ3n) is 5.29. The molecule has 1 aliphatic heterocycles. The van der Waals surface area contributed by atoms with E-state index in [9.17, 15) is 9.59 Å². The molecule has 1 aromatic rings. The maximum absolute atomic E-state index is 12.4. The second-order valence-corrected chi connectivity index (χ2v) is 6.95. The van der Waals surface area contributed by atoms with Gasteiger partial charge in [0.15, 0.2) is 0 Å². The summed E-state index contributed by atoms with van der Waals surface area (Å²) in [5, 5.41) is 21.0. The second-order valence-electron chi connectivity index (χ2n) is 6.95. The molecule has 26 heavy (non-hydrogen) atoms. The smallest absolute Gasteiger partial charge is 0.317 e. The van der Waals surface area contributed by atoms with E-state index in [2.05, 4.69) is 17.5 Å². The molecule has 0 unspecified atom stereocenters. The summed E-state index contributed by atoms with van der Waals surface area (Å²) in [6.45, 7) is 1.22. The van der Waals surface area contributed by atoms with Gasteiger partial charge in [-0.2, -0.15) is 5.26 Å². The van der Waals surface area contributed by atoms with Crippen molar-refractivity contribution >= 4 is 17.6 Å². The molecule has 0 saturated heterocycles. The Morgan fingerprint density at radius 3 is 2.38 bits per heavy atom. The second kappa shape index (κ2) is 8.05.